The summed E-state index contributed by atoms with van der Waals surface area (Å²) in [5, 5.41) is 5.24. The fourth-order valence-electron chi connectivity index (χ4n) is 1.63. The minimum Gasteiger partial charge on any atom is -0.312 e. The second-order valence-corrected chi connectivity index (χ2v) is 5.72. The highest BCUT2D eigenvalue weighted by molar-refractivity contribution is 7.15. The molecule has 0 unspecified atom stereocenters. The highest BCUT2D eigenvalue weighted by Gasteiger charge is 2.04. The summed E-state index contributed by atoms with van der Waals surface area (Å²) in [7, 11) is 0. The topological polar surface area (TPSA) is 24.9 Å². The number of benzene rings is 1. The zero-order valence-electron chi connectivity index (χ0n) is 10.4. The van der Waals surface area contributed by atoms with Crippen molar-refractivity contribution < 1.29 is 0 Å². The third-order valence-electron chi connectivity index (χ3n) is 2.65. The molecule has 2 rings (SSSR count). The first-order valence-electron chi connectivity index (χ1n) is 6.21. The summed E-state index contributed by atoms with van der Waals surface area (Å²) >= 11 is 7.61. The van der Waals surface area contributed by atoms with E-state index in [1.807, 2.05) is 30.5 Å². The summed E-state index contributed by atoms with van der Waals surface area (Å²) < 4.78 is 0. The fourth-order valence-corrected chi connectivity index (χ4v) is 2.64. The Morgan fingerprint density at radius 2 is 2.06 bits per heavy atom. The van der Waals surface area contributed by atoms with Crippen molar-refractivity contribution in [1.82, 2.24) is 10.3 Å². The van der Waals surface area contributed by atoms with E-state index >= 15 is 0 Å². The van der Waals surface area contributed by atoms with E-state index in [1.54, 1.807) is 11.3 Å². The molecule has 0 saturated heterocycles. The first-order chi connectivity index (χ1) is 8.79. The average Bonchev–Trinajstić information content (AvgIpc) is 2.84. The number of hydrogen-bond acceptors (Lipinski definition) is 3. The van der Waals surface area contributed by atoms with Crippen molar-refractivity contribution >= 4 is 22.9 Å². The predicted molar refractivity (Wildman–Crippen MR) is 79.2 cm³/mol. The van der Waals surface area contributed by atoms with Crippen molar-refractivity contribution in [2.75, 3.05) is 6.54 Å². The molecule has 0 amide bonds. The molecule has 1 aromatic carbocycles. The van der Waals surface area contributed by atoms with Crippen LogP contribution >= 0.6 is 22.9 Å². The van der Waals surface area contributed by atoms with Gasteiger partial charge in [0.2, 0.25) is 0 Å². The normalized spacial score (nSPS) is 10.8. The number of nitrogens with one attached hydrogen (secondary N) is 1. The molecule has 18 heavy (non-hydrogen) atoms. The first-order valence-corrected chi connectivity index (χ1v) is 7.40. The molecule has 0 aliphatic rings. The van der Waals surface area contributed by atoms with Gasteiger partial charge in [-0.1, -0.05) is 37.1 Å². The Balaban J connectivity index is 1.95. The predicted octanol–water partition coefficient (Wildman–Crippen LogP) is 4.35. The van der Waals surface area contributed by atoms with Crippen molar-refractivity contribution in [3.05, 3.63) is 40.4 Å². The zero-order chi connectivity index (χ0) is 12.8. The molecule has 2 nitrogen and oxygen atoms in total. The average molecular weight is 281 g/mol. The lowest BCUT2D eigenvalue weighted by molar-refractivity contribution is 0.645. The maximum absolute atomic E-state index is 5.88. The van der Waals surface area contributed by atoms with Gasteiger partial charge in [-0.15, -0.1) is 11.3 Å². The van der Waals surface area contributed by atoms with Gasteiger partial charge in [0.25, 0.3) is 0 Å². The Labute approximate surface area is 117 Å². The summed E-state index contributed by atoms with van der Waals surface area (Å²) in [4.78, 5) is 5.72. The molecule has 0 atom stereocenters. The SMILES string of the molecule is CCCCNCc1cnc(-c2ccc(Cl)cc2)s1. The smallest absolute Gasteiger partial charge is 0.123 e. The van der Waals surface area contributed by atoms with E-state index in [1.165, 1.54) is 17.7 Å². The number of unbranched alkanes of at least 4 members (excludes halogenated alkanes) is 1. The number of nitrogens with zero attached hydrogens (tertiary/aromatic N) is 1. The molecule has 0 aliphatic heterocycles. The van der Waals surface area contributed by atoms with Gasteiger partial charge in [-0.25, -0.2) is 4.98 Å². The Morgan fingerprint density at radius 1 is 1.28 bits per heavy atom. The Bertz CT molecular complexity index is 479. The Kier molecular flexibility index (Phi) is 5.17. The third kappa shape index (κ3) is 3.80. The van der Waals surface area contributed by atoms with E-state index in [2.05, 4.69) is 17.2 Å². The van der Waals surface area contributed by atoms with Gasteiger partial charge >= 0.3 is 0 Å². The van der Waals surface area contributed by atoms with E-state index < -0.39 is 0 Å². The Morgan fingerprint density at radius 3 is 2.78 bits per heavy atom. The maximum Gasteiger partial charge on any atom is 0.123 e. The summed E-state index contributed by atoms with van der Waals surface area (Å²) in [5.41, 5.74) is 1.13. The van der Waals surface area contributed by atoms with Crippen LogP contribution in [0.1, 0.15) is 24.6 Å². The van der Waals surface area contributed by atoms with E-state index in [4.69, 9.17) is 11.6 Å². The van der Waals surface area contributed by atoms with E-state index in [0.717, 1.165) is 28.7 Å². The molecule has 0 spiro atoms. The number of halogens is 1. The van der Waals surface area contributed by atoms with Crippen LogP contribution in [-0.2, 0) is 6.54 Å². The maximum atomic E-state index is 5.88. The molecule has 0 saturated carbocycles. The molecule has 0 bridgehead atoms. The van der Waals surface area contributed by atoms with Crippen LogP contribution in [0.15, 0.2) is 30.5 Å². The molecule has 0 radical (unpaired) electrons. The fraction of sp³-hybridized carbons (Fsp3) is 0.357. The van der Waals surface area contributed by atoms with Crippen LogP contribution in [0.5, 0.6) is 0 Å². The molecule has 4 heteroatoms. The van der Waals surface area contributed by atoms with Crippen molar-refractivity contribution in [3.63, 3.8) is 0 Å². The highest BCUT2D eigenvalue weighted by atomic mass is 35.5. The Hall–Kier alpha value is -0.900. The molecule has 0 fully saturated rings. The standard InChI is InChI=1S/C14H17ClN2S/c1-2-3-8-16-9-13-10-17-14(18-13)11-4-6-12(15)7-5-11/h4-7,10,16H,2-3,8-9H2,1H3. The molecular formula is C14H17ClN2S. The van der Waals surface area contributed by atoms with Gasteiger partial charge in [0.05, 0.1) is 0 Å². The monoisotopic (exact) mass is 280 g/mol. The molecule has 1 N–H and O–H groups in total. The van der Waals surface area contributed by atoms with Gasteiger partial charge in [0.15, 0.2) is 0 Å². The van der Waals surface area contributed by atoms with Crippen LogP contribution in [-0.4, -0.2) is 11.5 Å². The quantitative estimate of drug-likeness (QED) is 0.796. The highest BCUT2D eigenvalue weighted by Crippen LogP contribution is 2.26. The molecule has 1 heterocycles. The van der Waals surface area contributed by atoms with Crippen LogP contribution < -0.4 is 5.32 Å². The summed E-state index contributed by atoms with van der Waals surface area (Å²) in [5.74, 6) is 0. The molecule has 0 aliphatic carbocycles. The third-order valence-corrected chi connectivity index (χ3v) is 3.95. The number of aromatic nitrogens is 1. The van der Waals surface area contributed by atoms with E-state index in [9.17, 15) is 0 Å². The lowest BCUT2D eigenvalue weighted by Crippen LogP contribution is -2.13. The van der Waals surface area contributed by atoms with E-state index in [-0.39, 0.29) is 0 Å². The lowest BCUT2D eigenvalue weighted by atomic mass is 10.2. The van der Waals surface area contributed by atoms with Crippen LogP contribution in [0.4, 0.5) is 0 Å². The molecule has 1 aromatic heterocycles. The molecular weight excluding hydrogens is 264 g/mol. The molecule has 96 valence electrons. The van der Waals surface area contributed by atoms with E-state index in [0.29, 0.717) is 0 Å². The van der Waals surface area contributed by atoms with Crippen molar-refractivity contribution in [1.29, 1.82) is 0 Å². The minimum absolute atomic E-state index is 0.761. The summed E-state index contributed by atoms with van der Waals surface area (Å²) in [6.07, 6.45) is 4.40. The summed E-state index contributed by atoms with van der Waals surface area (Å²) in [6.45, 7) is 4.18. The van der Waals surface area contributed by atoms with Gasteiger partial charge < -0.3 is 5.32 Å². The van der Waals surface area contributed by atoms with Gasteiger partial charge in [-0.05, 0) is 25.1 Å². The number of hydrogen-bond donors (Lipinski definition) is 1. The van der Waals surface area contributed by atoms with Crippen LogP contribution in [0, 0.1) is 0 Å². The van der Waals surface area contributed by atoms with Crippen LogP contribution in [0.2, 0.25) is 5.02 Å². The second kappa shape index (κ2) is 6.88. The first kappa shape index (κ1) is 13.5. The minimum atomic E-state index is 0.761. The largest absolute Gasteiger partial charge is 0.312 e. The van der Waals surface area contributed by atoms with Crippen LogP contribution in [0.25, 0.3) is 10.6 Å². The van der Waals surface area contributed by atoms with Gasteiger partial charge in [-0.3, -0.25) is 0 Å². The van der Waals surface area contributed by atoms with Crippen molar-refractivity contribution in [2.45, 2.75) is 26.3 Å². The zero-order valence-corrected chi connectivity index (χ0v) is 12.0. The molecule has 2 aromatic rings. The van der Waals surface area contributed by atoms with Crippen molar-refractivity contribution in [3.8, 4) is 10.6 Å². The van der Waals surface area contributed by atoms with Crippen molar-refractivity contribution in [2.24, 2.45) is 0 Å². The van der Waals surface area contributed by atoms with Gasteiger partial charge in [0.1, 0.15) is 5.01 Å². The number of thiazole rings is 1. The van der Waals surface area contributed by atoms with Gasteiger partial charge in [-0.2, -0.15) is 0 Å². The second-order valence-electron chi connectivity index (χ2n) is 4.17. The van der Waals surface area contributed by atoms with Gasteiger partial charge in [0, 0.05) is 28.2 Å². The summed E-state index contributed by atoms with van der Waals surface area (Å²) in [6, 6.07) is 7.82. The van der Waals surface area contributed by atoms with Crippen LogP contribution in [0.3, 0.4) is 0 Å². The lowest BCUT2D eigenvalue weighted by Gasteiger charge is -1.99. The number of rotatable bonds is 6.